The third-order valence-electron chi connectivity index (χ3n) is 3.92. The molecule has 0 aliphatic carbocycles. The van der Waals surface area contributed by atoms with Gasteiger partial charge in [0.15, 0.2) is 0 Å². The molecule has 1 fully saturated rings. The number of hydrogen-bond donors (Lipinski definition) is 1. The number of likely N-dealkylation sites (tertiary alicyclic amines) is 1. The fourth-order valence-corrected chi connectivity index (χ4v) is 2.71. The van der Waals surface area contributed by atoms with Crippen LogP contribution in [0.5, 0.6) is 0 Å². The average molecular weight is 309 g/mol. The van der Waals surface area contributed by atoms with E-state index in [9.17, 15) is 9.59 Å². The molecule has 5 heteroatoms. The number of anilines is 1. The van der Waals surface area contributed by atoms with Crippen LogP contribution in [-0.2, 0) is 0 Å². The second kappa shape index (κ2) is 6.60. The summed E-state index contributed by atoms with van der Waals surface area (Å²) in [6, 6.07) is 9.18. The van der Waals surface area contributed by atoms with Gasteiger partial charge in [0.2, 0.25) is 0 Å². The Balaban J connectivity index is 1.76. The number of hydrogen-bond acceptors (Lipinski definition) is 3. The Morgan fingerprint density at radius 2 is 1.83 bits per heavy atom. The topological polar surface area (TPSA) is 62.3 Å². The van der Waals surface area contributed by atoms with Gasteiger partial charge in [0.05, 0.1) is 11.1 Å². The molecule has 1 aliphatic rings. The van der Waals surface area contributed by atoms with E-state index in [0.717, 1.165) is 37.2 Å². The number of nitrogens with one attached hydrogen (secondary N) is 1. The minimum atomic E-state index is -0.265. The number of carbonyl (C=O) groups is 2. The SMILES string of the molecule is Cc1cccc(NC(=O)c2cncc(C(=O)N3CCCC3)c2)c1. The maximum absolute atomic E-state index is 12.4. The lowest BCUT2D eigenvalue weighted by atomic mass is 10.1. The van der Waals surface area contributed by atoms with E-state index in [-0.39, 0.29) is 11.8 Å². The Morgan fingerprint density at radius 3 is 2.57 bits per heavy atom. The van der Waals surface area contributed by atoms with E-state index in [0.29, 0.717) is 11.1 Å². The van der Waals surface area contributed by atoms with Crippen LogP contribution in [0, 0.1) is 6.92 Å². The Hall–Kier alpha value is -2.69. The zero-order valence-corrected chi connectivity index (χ0v) is 13.1. The molecule has 23 heavy (non-hydrogen) atoms. The number of amides is 2. The molecule has 2 aromatic rings. The van der Waals surface area contributed by atoms with Crippen molar-refractivity contribution >= 4 is 17.5 Å². The summed E-state index contributed by atoms with van der Waals surface area (Å²) in [4.78, 5) is 30.6. The second-order valence-corrected chi connectivity index (χ2v) is 5.79. The van der Waals surface area contributed by atoms with Gasteiger partial charge in [-0.1, -0.05) is 12.1 Å². The highest BCUT2D eigenvalue weighted by Crippen LogP contribution is 2.15. The van der Waals surface area contributed by atoms with Gasteiger partial charge >= 0.3 is 0 Å². The monoisotopic (exact) mass is 309 g/mol. The van der Waals surface area contributed by atoms with Crippen molar-refractivity contribution in [2.45, 2.75) is 19.8 Å². The minimum absolute atomic E-state index is 0.0554. The van der Waals surface area contributed by atoms with E-state index in [1.165, 1.54) is 12.4 Å². The Bertz CT molecular complexity index is 737. The molecule has 1 N–H and O–H groups in total. The molecule has 1 aromatic heterocycles. The van der Waals surface area contributed by atoms with Crippen molar-refractivity contribution in [1.29, 1.82) is 0 Å². The quantitative estimate of drug-likeness (QED) is 0.948. The summed E-state index contributed by atoms with van der Waals surface area (Å²) in [5.74, 6) is -0.320. The van der Waals surface area contributed by atoms with Crippen molar-refractivity contribution in [3.05, 3.63) is 59.4 Å². The highest BCUT2D eigenvalue weighted by atomic mass is 16.2. The van der Waals surface area contributed by atoms with Crippen LogP contribution in [0.25, 0.3) is 0 Å². The summed E-state index contributed by atoms with van der Waals surface area (Å²) in [7, 11) is 0. The van der Waals surface area contributed by atoms with E-state index < -0.39 is 0 Å². The number of rotatable bonds is 3. The van der Waals surface area contributed by atoms with Gasteiger partial charge in [-0.25, -0.2) is 0 Å². The predicted octanol–water partition coefficient (Wildman–Crippen LogP) is 2.88. The summed E-state index contributed by atoms with van der Waals surface area (Å²) < 4.78 is 0. The first-order valence-electron chi connectivity index (χ1n) is 7.76. The lowest BCUT2D eigenvalue weighted by Crippen LogP contribution is -2.28. The molecule has 0 atom stereocenters. The number of aryl methyl sites for hydroxylation is 1. The third-order valence-corrected chi connectivity index (χ3v) is 3.92. The van der Waals surface area contributed by atoms with Crippen molar-refractivity contribution in [3.8, 4) is 0 Å². The van der Waals surface area contributed by atoms with Gasteiger partial charge in [-0.15, -0.1) is 0 Å². The molecule has 5 nitrogen and oxygen atoms in total. The lowest BCUT2D eigenvalue weighted by molar-refractivity contribution is 0.0792. The average Bonchev–Trinajstić information content (AvgIpc) is 3.09. The van der Waals surface area contributed by atoms with Crippen molar-refractivity contribution in [3.63, 3.8) is 0 Å². The highest BCUT2D eigenvalue weighted by molar-refractivity contribution is 6.05. The standard InChI is InChI=1S/C18H19N3O2/c1-13-5-4-6-16(9-13)20-17(22)14-10-15(12-19-11-14)18(23)21-7-2-3-8-21/h4-6,9-12H,2-3,7-8H2,1H3,(H,20,22). The van der Waals surface area contributed by atoms with Crippen LogP contribution in [0.2, 0.25) is 0 Å². The van der Waals surface area contributed by atoms with Gasteiger partial charge in [0, 0.05) is 31.2 Å². The summed E-state index contributed by atoms with van der Waals surface area (Å²) in [5, 5.41) is 2.83. The van der Waals surface area contributed by atoms with Crippen LogP contribution in [0.15, 0.2) is 42.7 Å². The molecule has 118 valence electrons. The van der Waals surface area contributed by atoms with E-state index in [1.807, 2.05) is 31.2 Å². The van der Waals surface area contributed by atoms with Crippen LogP contribution in [0.3, 0.4) is 0 Å². The Labute approximate surface area is 135 Å². The van der Waals surface area contributed by atoms with E-state index in [1.54, 1.807) is 11.0 Å². The summed E-state index contributed by atoms with van der Waals surface area (Å²) in [5.41, 5.74) is 2.64. The van der Waals surface area contributed by atoms with Gasteiger partial charge < -0.3 is 10.2 Å². The van der Waals surface area contributed by atoms with Crippen LogP contribution >= 0.6 is 0 Å². The van der Waals surface area contributed by atoms with E-state index >= 15 is 0 Å². The molecule has 3 rings (SSSR count). The first-order chi connectivity index (χ1) is 11.1. The predicted molar refractivity (Wildman–Crippen MR) is 88.5 cm³/mol. The molecule has 0 spiro atoms. The van der Waals surface area contributed by atoms with Gasteiger partial charge in [0.1, 0.15) is 0 Å². The molecular formula is C18H19N3O2. The number of benzene rings is 1. The second-order valence-electron chi connectivity index (χ2n) is 5.79. The molecule has 2 amide bonds. The molecule has 0 saturated carbocycles. The largest absolute Gasteiger partial charge is 0.339 e. The number of nitrogens with zero attached hydrogens (tertiary/aromatic N) is 2. The zero-order valence-electron chi connectivity index (χ0n) is 13.1. The third kappa shape index (κ3) is 3.56. The Morgan fingerprint density at radius 1 is 1.09 bits per heavy atom. The van der Waals surface area contributed by atoms with Crippen molar-refractivity contribution in [1.82, 2.24) is 9.88 Å². The van der Waals surface area contributed by atoms with E-state index in [2.05, 4.69) is 10.3 Å². The smallest absolute Gasteiger partial charge is 0.257 e. The van der Waals surface area contributed by atoms with E-state index in [4.69, 9.17) is 0 Å². The molecule has 1 aliphatic heterocycles. The maximum Gasteiger partial charge on any atom is 0.257 e. The first-order valence-corrected chi connectivity index (χ1v) is 7.76. The lowest BCUT2D eigenvalue weighted by Gasteiger charge is -2.15. The molecule has 0 unspecified atom stereocenters. The maximum atomic E-state index is 12.4. The number of carbonyl (C=O) groups excluding carboxylic acids is 2. The molecule has 1 saturated heterocycles. The minimum Gasteiger partial charge on any atom is -0.339 e. The molecular weight excluding hydrogens is 290 g/mol. The van der Waals surface area contributed by atoms with Crippen molar-refractivity contribution < 1.29 is 9.59 Å². The fraction of sp³-hybridized carbons (Fsp3) is 0.278. The molecule has 1 aromatic carbocycles. The normalized spacial score (nSPS) is 13.9. The molecule has 0 radical (unpaired) electrons. The fourth-order valence-electron chi connectivity index (χ4n) is 2.71. The van der Waals surface area contributed by atoms with Crippen LogP contribution in [0.4, 0.5) is 5.69 Å². The first kappa shape index (κ1) is 15.2. The zero-order chi connectivity index (χ0) is 16.2. The number of pyridine rings is 1. The molecule has 0 bridgehead atoms. The summed E-state index contributed by atoms with van der Waals surface area (Å²) in [6.45, 7) is 3.52. The van der Waals surface area contributed by atoms with Crippen LogP contribution in [-0.4, -0.2) is 34.8 Å². The van der Waals surface area contributed by atoms with Gasteiger partial charge in [-0.05, 0) is 43.5 Å². The van der Waals surface area contributed by atoms with Crippen molar-refractivity contribution in [2.24, 2.45) is 0 Å². The van der Waals surface area contributed by atoms with Gasteiger partial charge in [-0.3, -0.25) is 14.6 Å². The Kier molecular flexibility index (Phi) is 4.37. The number of aromatic nitrogens is 1. The van der Waals surface area contributed by atoms with Crippen LogP contribution in [0.1, 0.15) is 39.1 Å². The van der Waals surface area contributed by atoms with Crippen molar-refractivity contribution in [2.75, 3.05) is 18.4 Å². The summed E-state index contributed by atoms with van der Waals surface area (Å²) in [6.07, 6.45) is 5.06. The van der Waals surface area contributed by atoms with Crippen LogP contribution < -0.4 is 5.32 Å². The highest BCUT2D eigenvalue weighted by Gasteiger charge is 2.20. The summed E-state index contributed by atoms with van der Waals surface area (Å²) >= 11 is 0. The molecule has 2 heterocycles. The van der Waals surface area contributed by atoms with Gasteiger partial charge in [-0.2, -0.15) is 0 Å². The van der Waals surface area contributed by atoms with Gasteiger partial charge in [0.25, 0.3) is 11.8 Å².